The molecule has 0 aliphatic rings. The molecule has 0 aliphatic carbocycles. The molecule has 2 N–H and O–H groups in total. The van der Waals surface area contributed by atoms with Crippen molar-refractivity contribution >= 4 is 6.03 Å². The molecule has 1 rings (SSSR count). The Morgan fingerprint density at radius 2 is 1.90 bits per heavy atom. The summed E-state index contributed by atoms with van der Waals surface area (Å²) in [5.41, 5.74) is 2.10. The van der Waals surface area contributed by atoms with Crippen molar-refractivity contribution in [2.24, 2.45) is 0 Å². The molecule has 118 valence electrons. The van der Waals surface area contributed by atoms with Crippen LogP contribution in [-0.2, 0) is 17.9 Å². The number of ether oxygens (including phenoxy) is 1. The van der Waals surface area contributed by atoms with Gasteiger partial charge in [-0.15, -0.1) is 0 Å². The van der Waals surface area contributed by atoms with Crippen LogP contribution in [-0.4, -0.2) is 41.8 Å². The lowest BCUT2D eigenvalue weighted by Gasteiger charge is -2.28. The van der Waals surface area contributed by atoms with Crippen LogP contribution < -0.4 is 5.32 Å². The average molecular weight is 294 g/mol. The summed E-state index contributed by atoms with van der Waals surface area (Å²) < 4.78 is 5.16. The van der Waals surface area contributed by atoms with Gasteiger partial charge in [-0.3, -0.25) is 0 Å². The van der Waals surface area contributed by atoms with E-state index in [-0.39, 0.29) is 12.1 Å². The Morgan fingerprint density at radius 3 is 2.43 bits per heavy atom. The fourth-order valence-electron chi connectivity index (χ4n) is 2.11. The molecule has 0 heterocycles. The first kappa shape index (κ1) is 17.5. The highest BCUT2D eigenvalue weighted by molar-refractivity contribution is 5.74. The number of aliphatic hydroxyl groups excluding tert-OH is 1. The fraction of sp³-hybridized carbons (Fsp3) is 0.562. The minimum Gasteiger partial charge on any atom is -0.392 e. The van der Waals surface area contributed by atoms with Crippen molar-refractivity contribution in [2.75, 3.05) is 13.7 Å². The van der Waals surface area contributed by atoms with Gasteiger partial charge in [0.05, 0.1) is 12.7 Å². The molecular formula is C16H26N2O3. The van der Waals surface area contributed by atoms with Crippen molar-refractivity contribution in [3.05, 3.63) is 35.4 Å². The Hall–Kier alpha value is -1.59. The second-order valence-electron chi connectivity index (χ2n) is 5.46. The molecule has 0 aliphatic heterocycles. The molecule has 1 aromatic carbocycles. The normalized spacial score (nSPS) is 12.3. The van der Waals surface area contributed by atoms with E-state index in [1.807, 2.05) is 38.1 Å². The third-order valence-corrected chi connectivity index (χ3v) is 3.19. The molecule has 0 saturated heterocycles. The smallest absolute Gasteiger partial charge is 0.317 e. The van der Waals surface area contributed by atoms with Crippen LogP contribution in [0.3, 0.4) is 0 Å². The zero-order chi connectivity index (χ0) is 15.8. The van der Waals surface area contributed by atoms with Gasteiger partial charge < -0.3 is 20.1 Å². The number of nitrogens with one attached hydrogen (secondary N) is 1. The maximum Gasteiger partial charge on any atom is 0.317 e. The van der Waals surface area contributed by atoms with Gasteiger partial charge in [-0.25, -0.2) is 4.79 Å². The summed E-state index contributed by atoms with van der Waals surface area (Å²) in [6.07, 6.45) is -0.543. The summed E-state index contributed by atoms with van der Waals surface area (Å²) in [5, 5.41) is 12.4. The van der Waals surface area contributed by atoms with E-state index < -0.39 is 6.10 Å². The molecule has 5 heteroatoms. The first-order valence-corrected chi connectivity index (χ1v) is 7.24. The van der Waals surface area contributed by atoms with Gasteiger partial charge in [0.15, 0.2) is 0 Å². The minimum absolute atomic E-state index is 0.0359. The topological polar surface area (TPSA) is 61.8 Å². The van der Waals surface area contributed by atoms with E-state index in [9.17, 15) is 9.90 Å². The van der Waals surface area contributed by atoms with Crippen molar-refractivity contribution in [3.8, 4) is 0 Å². The fourth-order valence-corrected chi connectivity index (χ4v) is 2.11. The number of aliphatic hydroxyl groups is 1. The molecule has 1 aromatic rings. The van der Waals surface area contributed by atoms with Gasteiger partial charge in [-0.2, -0.15) is 0 Å². The number of hydrogen-bond acceptors (Lipinski definition) is 3. The predicted octanol–water partition coefficient (Wildman–Crippen LogP) is 2.13. The lowest BCUT2D eigenvalue weighted by molar-refractivity contribution is 0.118. The van der Waals surface area contributed by atoms with Gasteiger partial charge in [0.1, 0.15) is 0 Å². The monoisotopic (exact) mass is 294 g/mol. The van der Waals surface area contributed by atoms with Crippen LogP contribution in [0.1, 0.15) is 31.9 Å². The van der Waals surface area contributed by atoms with Crippen LogP contribution in [0.15, 0.2) is 24.3 Å². The molecular weight excluding hydrogens is 268 g/mol. The summed E-state index contributed by atoms with van der Waals surface area (Å²) in [6, 6.07) is 7.72. The first-order valence-electron chi connectivity index (χ1n) is 7.24. The molecule has 5 nitrogen and oxygen atoms in total. The maximum atomic E-state index is 12.2. The van der Waals surface area contributed by atoms with Crippen LogP contribution in [0.2, 0.25) is 0 Å². The van der Waals surface area contributed by atoms with E-state index in [0.29, 0.717) is 19.7 Å². The number of hydrogen-bond donors (Lipinski definition) is 2. The van der Waals surface area contributed by atoms with Gasteiger partial charge in [0, 0.05) is 26.2 Å². The highest BCUT2D eigenvalue weighted by Gasteiger charge is 2.18. The van der Waals surface area contributed by atoms with Gasteiger partial charge in [0.25, 0.3) is 0 Å². The van der Waals surface area contributed by atoms with E-state index in [2.05, 4.69) is 5.32 Å². The third kappa shape index (κ3) is 5.73. The summed E-state index contributed by atoms with van der Waals surface area (Å²) >= 11 is 0. The lowest BCUT2D eigenvalue weighted by Crippen LogP contribution is -2.46. The second kappa shape index (κ2) is 8.64. The number of urea groups is 1. The number of carbonyl (C=O) groups is 1. The number of methoxy groups -OCH3 is 1. The molecule has 1 atom stereocenters. The van der Waals surface area contributed by atoms with E-state index in [4.69, 9.17) is 4.74 Å². The number of amides is 2. The van der Waals surface area contributed by atoms with Crippen LogP contribution in [0.5, 0.6) is 0 Å². The summed E-state index contributed by atoms with van der Waals surface area (Å²) in [4.78, 5) is 13.9. The summed E-state index contributed by atoms with van der Waals surface area (Å²) in [6.45, 7) is 6.83. The molecule has 0 spiro atoms. The van der Waals surface area contributed by atoms with Crippen molar-refractivity contribution in [3.63, 3.8) is 0 Å². The third-order valence-electron chi connectivity index (χ3n) is 3.19. The van der Waals surface area contributed by atoms with E-state index >= 15 is 0 Å². The van der Waals surface area contributed by atoms with Crippen LogP contribution in [0.25, 0.3) is 0 Å². The Labute approximate surface area is 126 Å². The highest BCUT2D eigenvalue weighted by Crippen LogP contribution is 2.10. The van der Waals surface area contributed by atoms with E-state index in [1.165, 1.54) is 0 Å². The van der Waals surface area contributed by atoms with Crippen molar-refractivity contribution in [1.82, 2.24) is 10.2 Å². The Morgan fingerprint density at radius 1 is 1.29 bits per heavy atom. The van der Waals surface area contributed by atoms with Gasteiger partial charge in [-0.1, -0.05) is 24.3 Å². The highest BCUT2D eigenvalue weighted by atomic mass is 16.5. The largest absolute Gasteiger partial charge is 0.392 e. The SMILES string of the molecule is COCc1ccccc1CNC(=O)N(CC(C)O)C(C)C. The molecule has 0 saturated carbocycles. The van der Waals surface area contributed by atoms with Crippen LogP contribution in [0, 0.1) is 0 Å². The summed E-state index contributed by atoms with van der Waals surface area (Å²) in [7, 11) is 1.65. The lowest BCUT2D eigenvalue weighted by atomic mass is 10.1. The standard InChI is InChI=1S/C16H26N2O3/c1-12(2)18(10-13(3)19)16(20)17-9-14-7-5-6-8-15(14)11-21-4/h5-8,12-13,19H,9-11H2,1-4H3,(H,17,20). The van der Waals surface area contributed by atoms with Gasteiger partial charge in [-0.05, 0) is 31.9 Å². The first-order chi connectivity index (χ1) is 9.95. The van der Waals surface area contributed by atoms with Crippen molar-refractivity contribution < 1.29 is 14.6 Å². The van der Waals surface area contributed by atoms with E-state index in [1.54, 1.807) is 18.9 Å². The molecule has 0 fully saturated rings. The Bertz CT molecular complexity index is 447. The number of rotatable bonds is 7. The Kier molecular flexibility index (Phi) is 7.19. The molecule has 2 amide bonds. The predicted molar refractivity (Wildman–Crippen MR) is 82.9 cm³/mol. The van der Waals surface area contributed by atoms with E-state index in [0.717, 1.165) is 11.1 Å². The number of benzene rings is 1. The van der Waals surface area contributed by atoms with Crippen LogP contribution >= 0.6 is 0 Å². The maximum absolute atomic E-state index is 12.2. The van der Waals surface area contributed by atoms with Crippen LogP contribution in [0.4, 0.5) is 4.79 Å². The average Bonchev–Trinajstić information content (AvgIpc) is 2.43. The molecule has 21 heavy (non-hydrogen) atoms. The van der Waals surface area contributed by atoms with Crippen molar-refractivity contribution in [2.45, 2.75) is 46.1 Å². The second-order valence-corrected chi connectivity index (χ2v) is 5.46. The van der Waals surface area contributed by atoms with Gasteiger partial charge >= 0.3 is 6.03 Å². The summed E-state index contributed by atoms with van der Waals surface area (Å²) in [5.74, 6) is 0. The molecule has 1 unspecified atom stereocenters. The minimum atomic E-state index is -0.543. The van der Waals surface area contributed by atoms with Gasteiger partial charge in [0.2, 0.25) is 0 Å². The molecule has 0 radical (unpaired) electrons. The Balaban J connectivity index is 2.66. The quantitative estimate of drug-likeness (QED) is 0.810. The molecule has 0 aromatic heterocycles. The number of nitrogens with zero attached hydrogens (tertiary/aromatic N) is 1. The van der Waals surface area contributed by atoms with Crippen molar-refractivity contribution in [1.29, 1.82) is 0 Å². The number of carbonyl (C=O) groups excluding carboxylic acids is 1. The zero-order valence-corrected chi connectivity index (χ0v) is 13.3. The molecule has 0 bridgehead atoms. The zero-order valence-electron chi connectivity index (χ0n) is 13.3.